The van der Waals surface area contributed by atoms with E-state index in [1.807, 2.05) is 19.1 Å². The number of nitrogens with zero attached hydrogens (tertiary/aromatic N) is 3. The van der Waals surface area contributed by atoms with E-state index in [2.05, 4.69) is 4.98 Å². The van der Waals surface area contributed by atoms with Crippen LogP contribution in [0.15, 0.2) is 42.6 Å². The normalized spacial score (nSPS) is 14.3. The lowest BCUT2D eigenvalue weighted by atomic mass is 10.1. The van der Waals surface area contributed by atoms with Gasteiger partial charge in [-0.1, -0.05) is 12.1 Å². The van der Waals surface area contributed by atoms with Gasteiger partial charge < -0.3 is 14.5 Å². The number of carbonyl (C=O) groups is 2. The lowest BCUT2D eigenvalue weighted by Crippen LogP contribution is -2.50. The van der Waals surface area contributed by atoms with Crippen LogP contribution in [-0.4, -0.2) is 59.9 Å². The van der Waals surface area contributed by atoms with E-state index in [0.717, 1.165) is 5.56 Å². The van der Waals surface area contributed by atoms with Crippen LogP contribution in [0.3, 0.4) is 0 Å². The number of rotatable bonds is 3. The molecule has 2 amide bonds. The largest absolute Gasteiger partial charge is 0.496 e. The number of carbonyl (C=O) groups excluding carboxylic acids is 2. The Morgan fingerprint density at radius 3 is 2.28 bits per heavy atom. The van der Waals surface area contributed by atoms with E-state index >= 15 is 0 Å². The highest BCUT2D eigenvalue weighted by molar-refractivity contribution is 5.95. The van der Waals surface area contributed by atoms with E-state index in [-0.39, 0.29) is 11.8 Å². The molecule has 0 spiro atoms. The van der Waals surface area contributed by atoms with Gasteiger partial charge >= 0.3 is 0 Å². The summed E-state index contributed by atoms with van der Waals surface area (Å²) in [5.74, 6) is 0.572. The van der Waals surface area contributed by atoms with Crippen molar-refractivity contribution in [3.8, 4) is 5.75 Å². The summed E-state index contributed by atoms with van der Waals surface area (Å²) in [7, 11) is 1.60. The first-order valence-electron chi connectivity index (χ1n) is 8.24. The van der Waals surface area contributed by atoms with Gasteiger partial charge in [-0.2, -0.15) is 0 Å². The number of pyridine rings is 1. The smallest absolute Gasteiger partial charge is 0.272 e. The highest BCUT2D eigenvalue weighted by Crippen LogP contribution is 2.20. The predicted octanol–water partition coefficient (Wildman–Crippen LogP) is 2.00. The van der Waals surface area contributed by atoms with Gasteiger partial charge in [0.25, 0.3) is 11.8 Å². The molecule has 1 aromatic heterocycles. The SMILES string of the molecule is COc1cc(C(=O)N2CCN(C(=O)c3ccccn3)CC2)ccc1C. The average molecular weight is 339 g/mol. The number of aryl methyl sites for hydroxylation is 1. The average Bonchev–Trinajstić information content (AvgIpc) is 2.68. The van der Waals surface area contributed by atoms with Gasteiger partial charge in [-0.25, -0.2) is 0 Å². The zero-order valence-corrected chi connectivity index (χ0v) is 14.4. The van der Waals surface area contributed by atoms with Crippen molar-refractivity contribution in [2.75, 3.05) is 33.3 Å². The molecule has 0 atom stereocenters. The van der Waals surface area contributed by atoms with Gasteiger partial charge in [0.2, 0.25) is 0 Å². The van der Waals surface area contributed by atoms with E-state index in [1.54, 1.807) is 47.4 Å². The van der Waals surface area contributed by atoms with E-state index in [9.17, 15) is 9.59 Å². The first-order valence-corrected chi connectivity index (χ1v) is 8.24. The molecule has 1 saturated heterocycles. The van der Waals surface area contributed by atoms with Crippen LogP contribution in [0.4, 0.5) is 0 Å². The molecule has 2 heterocycles. The maximum atomic E-state index is 12.7. The molecule has 25 heavy (non-hydrogen) atoms. The molecular formula is C19H21N3O3. The third kappa shape index (κ3) is 3.63. The topological polar surface area (TPSA) is 62.7 Å². The van der Waals surface area contributed by atoms with Crippen molar-refractivity contribution in [3.05, 3.63) is 59.4 Å². The summed E-state index contributed by atoms with van der Waals surface area (Å²) in [4.78, 5) is 32.7. The van der Waals surface area contributed by atoms with Crippen molar-refractivity contribution in [2.24, 2.45) is 0 Å². The van der Waals surface area contributed by atoms with E-state index in [4.69, 9.17) is 4.74 Å². The molecule has 0 N–H and O–H groups in total. The Labute approximate surface area is 147 Å². The Bertz CT molecular complexity index is 769. The molecule has 6 nitrogen and oxygen atoms in total. The highest BCUT2D eigenvalue weighted by atomic mass is 16.5. The number of benzene rings is 1. The highest BCUT2D eigenvalue weighted by Gasteiger charge is 2.26. The fourth-order valence-electron chi connectivity index (χ4n) is 2.90. The third-order valence-corrected chi connectivity index (χ3v) is 4.39. The molecule has 6 heteroatoms. The lowest BCUT2D eigenvalue weighted by Gasteiger charge is -2.34. The van der Waals surface area contributed by atoms with Crippen LogP contribution in [0, 0.1) is 6.92 Å². The molecule has 0 radical (unpaired) electrons. The number of methoxy groups -OCH3 is 1. The molecule has 1 aliphatic rings. The quantitative estimate of drug-likeness (QED) is 0.858. The Morgan fingerprint density at radius 2 is 1.68 bits per heavy atom. The van der Waals surface area contributed by atoms with Crippen LogP contribution in [0.25, 0.3) is 0 Å². The van der Waals surface area contributed by atoms with Gasteiger partial charge in [-0.3, -0.25) is 14.6 Å². The van der Waals surface area contributed by atoms with E-state index in [1.165, 1.54) is 0 Å². The molecule has 3 rings (SSSR count). The Morgan fingerprint density at radius 1 is 1.00 bits per heavy atom. The van der Waals surface area contributed by atoms with Crippen LogP contribution < -0.4 is 4.74 Å². The minimum Gasteiger partial charge on any atom is -0.496 e. The molecule has 2 aromatic rings. The molecule has 1 aromatic carbocycles. The first-order chi connectivity index (χ1) is 12.1. The van der Waals surface area contributed by atoms with Gasteiger partial charge in [0.15, 0.2) is 0 Å². The van der Waals surface area contributed by atoms with Gasteiger partial charge in [0.05, 0.1) is 7.11 Å². The molecule has 0 saturated carbocycles. The van der Waals surface area contributed by atoms with Gasteiger partial charge in [-0.05, 0) is 36.8 Å². The Hall–Kier alpha value is -2.89. The van der Waals surface area contributed by atoms with Crippen molar-refractivity contribution in [3.63, 3.8) is 0 Å². The van der Waals surface area contributed by atoms with Crippen LogP contribution in [0.1, 0.15) is 26.4 Å². The fourth-order valence-corrected chi connectivity index (χ4v) is 2.90. The summed E-state index contributed by atoms with van der Waals surface area (Å²) in [5.41, 5.74) is 2.03. The maximum absolute atomic E-state index is 12.7. The standard InChI is InChI=1S/C19H21N3O3/c1-14-6-7-15(13-17(14)25-2)18(23)21-9-11-22(12-10-21)19(24)16-5-3-4-8-20-16/h3-8,13H,9-12H2,1-2H3. The minimum atomic E-state index is -0.0929. The van der Waals surface area contributed by atoms with E-state index in [0.29, 0.717) is 43.2 Å². The number of amides is 2. The number of piperazine rings is 1. The molecule has 0 bridgehead atoms. The summed E-state index contributed by atoms with van der Waals surface area (Å²) in [6.07, 6.45) is 1.61. The van der Waals surface area contributed by atoms with Crippen LogP contribution >= 0.6 is 0 Å². The second-order valence-corrected chi connectivity index (χ2v) is 5.98. The van der Waals surface area contributed by atoms with Crippen molar-refractivity contribution in [1.82, 2.24) is 14.8 Å². The Balaban J connectivity index is 1.64. The number of hydrogen-bond acceptors (Lipinski definition) is 4. The van der Waals surface area contributed by atoms with E-state index < -0.39 is 0 Å². The molecule has 130 valence electrons. The molecular weight excluding hydrogens is 318 g/mol. The minimum absolute atomic E-state index is 0.0387. The van der Waals surface area contributed by atoms with Crippen molar-refractivity contribution in [2.45, 2.75) is 6.92 Å². The van der Waals surface area contributed by atoms with Crippen molar-refractivity contribution < 1.29 is 14.3 Å². The van der Waals surface area contributed by atoms with Crippen LogP contribution in [-0.2, 0) is 0 Å². The number of ether oxygens (including phenoxy) is 1. The second kappa shape index (κ2) is 7.34. The molecule has 0 unspecified atom stereocenters. The van der Waals surface area contributed by atoms with Crippen molar-refractivity contribution >= 4 is 11.8 Å². The van der Waals surface area contributed by atoms with Gasteiger partial charge in [0, 0.05) is 37.9 Å². The first kappa shape index (κ1) is 17.0. The third-order valence-electron chi connectivity index (χ3n) is 4.39. The van der Waals surface area contributed by atoms with Crippen molar-refractivity contribution in [1.29, 1.82) is 0 Å². The zero-order valence-electron chi connectivity index (χ0n) is 14.4. The predicted molar refractivity (Wildman–Crippen MR) is 93.8 cm³/mol. The molecule has 0 aliphatic carbocycles. The summed E-state index contributed by atoms with van der Waals surface area (Å²) in [5, 5.41) is 0. The summed E-state index contributed by atoms with van der Waals surface area (Å²) < 4.78 is 5.29. The number of hydrogen-bond donors (Lipinski definition) is 0. The second-order valence-electron chi connectivity index (χ2n) is 5.98. The molecule has 1 aliphatic heterocycles. The summed E-state index contributed by atoms with van der Waals surface area (Å²) in [6, 6.07) is 10.7. The fraction of sp³-hybridized carbons (Fsp3) is 0.316. The molecule has 1 fully saturated rings. The summed E-state index contributed by atoms with van der Waals surface area (Å²) in [6.45, 7) is 3.96. The monoisotopic (exact) mass is 339 g/mol. The lowest BCUT2D eigenvalue weighted by molar-refractivity contribution is 0.0532. The van der Waals surface area contributed by atoms with Crippen LogP contribution in [0.2, 0.25) is 0 Å². The zero-order chi connectivity index (χ0) is 17.8. The maximum Gasteiger partial charge on any atom is 0.272 e. The summed E-state index contributed by atoms with van der Waals surface area (Å²) >= 11 is 0. The number of aromatic nitrogens is 1. The Kier molecular flexibility index (Phi) is 4.97. The van der Waals surface area contributed by atoms with Gasteiger partial charge in [0.1, 0.15) is 11.4 Å². The van der Waals surface area contributed by atoms with Gasteiger partial charge in [-0.15, -0.1) is 0 Å². The van der Waals surface area contributed by atoms with Crippen LogP contribution in [0.5, 0.6) is 5.75 Å².